The molecular weight excluding hydrogens is 334 g/mol. The van der Waals surface area contributed by atoms with Gasteiger partial charge in [-0.05, 0) is 44.0 Å². The van der Waals surface area contributed by atoms with Crippen molar-refractivity contribution >= 4 is 23.4 Å². The Labute approximate surface area is 155 Å². The van der Waals surface area contributed by atoms with Gasteiger partial charge in [-0.2, -0.15) is 11.8 Å². The highest BCUT2D eigenvalue weighted by molar-refractivity contribution is 7.99. The normalized spacial score (nSPS) is 20.4. The van der Waals surface area contributed by atoms with Gasteiger partial charge in [0.15, 0.2) is 0 Å². The second-order valence-electron chi connectivity index (χ2n) is 6.66. The zero-order valence-electron chi connectivity index (χ0n) is 15.1. The molecule has 138 valence electrons. The number of hydrogen-bond donors (Lipinski definition) is 1. The molecule has 0 radical (unpaired) electrons. The van der Waals surface area contributed by atoms with Crippen LogP contribution in [0.25, 0.3) is 0 Å². The lowest BCUT2D eigenvalue weighted by Gasteiger charge is -2.39. The number of nitrogens with zero attached hydrogens (tertiary/aromatic N) is 2. The summed E-state index contributed by atoms with van der Waals surface area (Å²) in [7, 11) is 0. The minimum Gasteiger partial charge on any atom is -0.494 e. The van der Waals surface area contributed by atoms with E-state index in [0.29, 0.717) is 19.2 Å². The maximum absolute atomic E-state index is 12.3. The molecule has 2 aliphatic heterocycles. The van der Waals surface area contributed by atoms with Crippen LogP contribution in [0.2, 0.25) is 0 Å². The Morgan fingerprint density at radius 2 is 1.84 bits per heavy atom. The summed E-state index contributed by atoms with van der Waals surface area (Å²) in [5.41, 5.74) is 0.828. The molecule has 1 aromatic carbocycles. The summed E-state index contributed by atoms with van der Waals surface area (Å²) in [6, 6.07) is 8.28. The molecule has 0 saturated carbocycles. The molecule has 0 bridgehead atoms. The summed E-state index contributed by atoms with van der Waals surface area (Å²) >= 11 is 2.06. The zero-order valence-corrected chi connectivity index (χ0v) is 15.9. The quantitative estimate of drug-likeness (QED) is 0.841. The predicted molar refractivity (Wildman–Crippen MR) is 105 cm³/mol. The van der Waals surface area contributed by atoms with Crippen molar-refractivity contribution in [1.82, 2.24) is 9.80 Å². The van der Waals surface area contributed by atoms with Crippen molar-refractivity contribution in [2.45, 2.75) is 25.8 Å². The summed E-state index contributed by atoms with van der Waals surface area (Å²) in [6.07, 6.45) is 2.36. The number of amides is 1. The molecule has 1 amide bonds. The van der Waals surface area contributed by atoms with Crippen LogP contribution in [0.3, 0.4) is 0 Å². The third-order valence-corrected chi connectivity index (χ3v) is 5.88. The molecule has 2 fully saturated rings. The van der Waals surface area contributed by atoms with E-state index in [1.165, 1.54) is 37.4 Å². The number of likely N-dealkylation sites (tertiary alicyclic amines) is 1. The molecule has 25 heavy (non-hydrogen) atoms. The van der Waals surface area contributed by atoms with Gasteiger partial charge in [0.25, 0.3) is 0 Å². The standard InChI is InChI=1S/C19H29N3O2S/c1-2-24-18-5-3-16(4-6-18)20-19(23)15-21-9-7-17(8-10-21)22-11-13-25-14-12-22/h3-6,17H,2,7-15H2,1H3,(H,20,23). The Bertz CT molecular complexity index is 538. The first kappa shape index (κ1) is 18.5. The first-order chi connectivity index (χ1) is 12.2. The molecule has 6 heteroatoms. The largest absolute Gasteiger partial charge is 0.494 e. The van der Waals surface area contributed by atoms with Crippen LogP contribution in [0.15, 0.2) is 24.3 Å². The molecule has 2 heterocycles. The second kappa shape index (κ2) is 9.46. The number of piperidine rings is 1. The Morgan fingerprint density at radius 1 is 1.16 bits per heavy atom. The van der Waals surface area contributed by atoms with E-state index in [1.54, 1.807) is 0 Å². The fourth-order valence-corrected chi connectivity index (χ4v) is 4.52. The van der Waals surface area contributed by atoms with Crippen molar-refractivity contribution in [3.8, 4) is 5.75 Å². The fourth-order valence-electron chi connectivity index (χ4n) is 3.59. The summed E-state index contributed by atoms with van der Waals surface area (Å²) in [5.74, 6) is 3.44. The summed E-state index contributed by atoms with van der Waals surface area (Å²) in [6.45, 7) is 7.59. The Morgan fingerprint density at radius 3 is 2.48 bits per heavy atom. The predicted octanol–water partition coefficient (Wildman–Crippen LogP) is 2.54. The summed E-state index contributed by atoms with van der Waals surface area (Å²) < 4.78 is 5.42. The van der Waals surface area contributed by atoms with Gasteiger partial charge in [-0.3, -0.25) is 14.6 Å². The lowest BCUT2D eigenvalue weighted by Crippen LogP contribution is -2.48. The second-order valence-corrected chi connectivity index (χ2v) is 7.89. The number of thioether (sulfide) groups is 1. The summed E-state index contributed by atoms with van der Waals surface area (Å²) in [4.78, 5) is 17.2. The van der Waals surface area contributed by atoms with E-state index in [-0.39, 0.29) is 5.91 Å². The minimum absolute atomic E-state index is 0.0667. The number of anilines is 1. The van der Waals surface area contributed by atoms with Crippen LogP contribution >= 0.6 is 11.8 Å². The number of carbonyl (C=O) groups excluding carboxylic acids is 1. The van der Waals surface area contributed by atoms with Crippen molar-refractivity contribution in [3.63, 3.8) is 0 Å². The molecule has 1 N–H and O–H groups in total. The van der Waals surface area contributed by atoms with Crippen molar-refractivity contribution in [3.05, 3.63) is 24.3 Å². The molecule has 0 aliphatic carbocycles. The van der Waals surface area contributed by atoms with Crippen LogP contribution in [0, 0.1) is 0 Å². The highest BCUT2D eigenvalue weighted by Gasteiger charge is 2.26. The van der Waals surface area contributed by atoms with Gasteiger partial charge >= 0.3 is 0 Å². The molecule has 0 aromatic heterocycles. The first-order valence-corrected chi connectivity index (χ1v) is 10.5. The maximum atomic E-state index is 12.3. The van der Waals surface area contributed by atoms with Gasteiger partial charge in [-0.25, -0.2) is 0 Å². The topological polar surface area (TPSA) is 44.8 Å². The lowest BCUT2D eigenvalue weighted by molar-refractivity contribution is -0.117. The van der Waals surface area contributed by atoms with E-state index >= 15 is 0 Å². The smallest absolute Gasteiger partial charge is 0.238 e. The van der Waals surface area contributed by atoms with Gasteiger partial charge in [-0.15, -0.1) is 0 Å². The van der Waals surface area contributed by atoms with Crippen molar-refractivity contribution in [1.29, 1.82) is 0 Å². The van der Waals surface area contributed by atoms with E-state index in [0.717, 1.165) is 24.5 Å². The van der Waals surface area contributed by atoms with Gasteiger partial charge in [0.2, 0.25) is 5.91 Å². The molecule has 3 rings (SSSR count). The van der Waals surface area contributed by atoms with E-state index in [1.807, 2.05) is 31.2 Å². The number of rotatable bonds is 6. The van der Waals surface area contributed by atoms with E-state index < -0.39 is 0 Å². The average molecular weight is 364 g/mol. The Kier molecular flexibility index (Phi) is 7.02. The number of nitrogens with one attached hydrogen (secondary N) is 1. The number of carbonyl (C=O) groups is 1. The molecule has 1 aromatic rings. The van der Waals surface area contributed by atoms with E-state index in [9.17, 15) is 4.79 Å². The summed E-state index contributed by atoms with van der Waals surface area (Å²) in [5, 5.41) is 2.98. The van der Waals surface area contributed by atoms with Crippen molar-refractivity contribution in [2.75, 3.05) is 56.2 Å². The molecule has 2 aliphatic rings. The first-order valence-electron chi connectivity index (χ1n) is 9.31. The fraction of sp³-hybridized carbons (Fsp3) is 0.632. The Hall–Kier alpha value is -1.24. The van der Waals surface area contributed by atoms with Crippen LogP contribution in [0.4, 0.5) is 5.69 Å². The number of ether oxygens (including phenoxy) is 1. The molecule has 0 spiro atoms. The number of hydrogen-bond acceptors (Lipinski definition) is 5. The van der Waals surface area contributed by atoms with E-state index in [2.05, 4.69) is 26.9 Å². The third-order valence-electron chi connectivity index (χ3n) is 4.94. The highest BCUT2D eigenvalue weighted by Crippen LogP contribution is 2.20. The SMILES string of the molecule is CCOc1ccc(NC(=O)CN2CCC(N3CCSCC3)CC2)cc1. The lowest BCUT2D eigenvalue weighted by atomic mass is 10.0. The van der Waals surface area contributed by atoms with Crippen LogP contribution in [-0.2, 0) is 4.79 Å². The number of benzene rings is 1. The monoisotopic (exact) mass is 363 g/mol. The zero-order chi connectivity index (χ0) is 17.5. The van der Waals surface area contributed by atoms with Crippen molar-refractivity contribution in [2.24, 2.45) is 0 Å². The van der Waals surface area contributed by atoms with Gasteiger partial charge in [0.05, 0.1) is 13.2 Å². The van der Waals surface area contributed by atoms with Crippen molar-refractivity contribution < 1.29 is 9.53 Å². The molecule has 2 saturated heterocycles. The Balaban J connectivity index is 1.40. The third kappa shape index (κ3) is 5.62. The molecule has 5 nitrogen and oxygen atoms in total. The van der Waals surface area contributed by atoms with Crippen LogP contribution in [0.5, 0.6) is 5.75 Å². The molecule has 0 unspecified atom stereocenters. The molecular formula is C19H29N3O2S. The van der Waals surface area contributed by atoms with Gasteiger partial charge in [-0.1, -0.05) is 0 Å². The van der Waals surface area contributed by atoms with Crippen LogP contribution in [0.1, 0.15) is 19.8 Å². The minimum atomic E-state index is 0.0667. The van der Waals surface area contributed by atoms with Gasteiger partial charge < -0.3 is 10.1 Å². The van der Waals surface area contributed by atoms with Crippen LogP contribution in [-0.4, -0.2) is 72.6 Å². The van der Waals surface area contributed by atoms with Gasteiger partial charge in [0, 0.05) is 49.4 Å². The highest BCUT2D eigenvalue weighted by atomic mass is 32.2. The van der Waals surface area contributed by atoms with Gasteiger partial charge in [0.1, 0.15) is 5.75 Å². The molecule has 0 atom stereocenters. The average Bonchev–Trinajstić information content (AvgIpc) is 2.65. The maximum Gasteiger partial charge on any atom is 0.238 e. The van der Waals surface area contributed by atoms with Crippen LogP contribution < -0.4 is 10.1 Å². The van der Waals surface area contributed by atoms with E-state index in [4.69, 9.17) is 4.74 Å².